The lowest BCUT2D eigenvalue weighted by atomic mass is 10.3. The summed E-state index contributed by atoms with van der Waals surface area (Å²) in [6.07, 6.45) is 2.73. The minimum absolute atomic E-state index is 0.131. The predicted octanol–water partition coefficient (Wildman–Crippen LogP) is 2.21. The third-order valence-electron chi connectivity index (χ3n) is 3.80. The van der Waals surface area contributed by atoms with Gasteiger partial charge in [-0.25, -0.2) is 14.7 Å². The number of aliphatic hydroxyl groups excluding tert-OH is 1. The van der Waals surface area contributed by atoms with Crippen LogP contribution >= 0.6 is 0 Å². The van der Waals surface area contributed by atoms with Crippen molar-refractivity contribution >= 4 is 0 Å². The third kappa shape index (κ3) is 4.18. The van der Waals surface area contributed by atoms with Gasteiger partial charge in [0.15, 0.2) is 5.82 Å². The largest absolute Gasteiger partial charge is 0.417 e. The van der Waals surface area contributed by atoms with Crippen LogP contribution in [0.2, 0.25) is 0 Å². The fourth-order valence-corrected chi connectivity index (χ4v) is 2.54. The Kier molecular flexibility index (Phi) is 5.05. The van der Waals surface area contributed by atoms with Crippen LogP contribution in [0, 0.1) is 0 Å². The van der Waals surface area contributed by atoms with Crippen LogP contribution in [-0.4, -0.2) is 49.6 Å². The molecule has 0 aromatic carbocycles. The summed E-state index contributed by atoms with van der Waals surface area (Å²) in [5.41, 5.74) is -0.00862. The molecule has 0 radical (unpaired) electrons. The number of aliphatic hydroxyl groups is 1. The SMILES string of the molecule is OCCCN1C=CCN1Cc1ccn(-c2ccc(C(F)(F)F)cn2)n1. The molecule has 0 fully saturated rings. The second-order valence-corrected chi connectivity index (χ2v) is 5.63. The highest BCUT2D eigenvalue weighted by Crippen LogP contribution is 2.28. The van der Waals surface area contributed by atoms with E-state index < -0.39 is 11.7 Å². The second kappa shape index (κ2) is 7.24. The van der Waals surface area contributed by atoms with Crippen molar-refractivity contribution in [2.24, 2.45) is 0 Å². The van der Waals surface area contributed by atoms with E-state index >= 15 is 0 Å². The highest BCUT2D eigenvalue weighted by atomic mass is 19.4. The number of rotatable bonds is 6. The first-order valence-corrected chi connectivity index (χ1v) is 7.84. The second-order valence-electron chi connectivity index (χ2n) is 5.63. The van der Waals surface area contributed by atoms with E-state index in [2.05, 4.69) is 15.1 Å². The van der Waals surface area contributed by atoms with Gasteiger partial charge in [0.2, 0.25) is 0 Å². The van der Waals surface area contributed by atoms with Crippen LogP contribution in [0.4, 0.5) is 13.2 Å². The molecule has 0 saturated heterocycles. The van der Waals surface area contributed by atoms with Crippen molar-refractivity contribution in [3.63, 3.8) is 0 Å². The molecule has 0 amide bonds. The van der Waals surface area contributed by atoms with Gasteiger partial charge in [0.1, 0.15) is 0 Å². The summed E-state index contributed by atoms with van der Waals surface area (Å²) in [6, 6.07) is 4.09. The van der Waals surface area contributed by atoms with Crippen LogP contribution in [0.3, 0.4) is 0 Å². The van der Waals surface area contributed by atoms with E-state index in [1.807, 2.05) is 23.4 Å². The molecule has 1 aliphatic heterocycles. The van der Waals surface area contributed by atoms with Crippen molar-refractivity contribution in [3.05, 3.63) is 54.1 Å². The van der Waals surface area contributed by atoms with Crippen molar-refractivity contribution in [1.82, 2.24) is 24.8 Å². The zero-order chi connectivity index (χ0) is 17.9. The molecule has 2 aromatic heterocycles. The quantitative estimate of drug-likeness (QED) is 0.863. The number of halogens is 3. The van der Waals surface area contributed by atoms with Gasteiger partial charge >= 0.3 is 6.18 Å². The van der Waals surface area contributed by atoms with Crippen LogP contribution < -0.4 is 0 Å². The molecule has 6 nitrogen and oxygen atoms in total. The maximum Gasteiger partial charge on any atom is 0.417 e. The van der Waals surface area contributed by atoms with E-state index in [0.717, 1.165) is 24.5 Å². The molecular formula is C16H18F3N5O. The molecule has 134 valence electrons. The Balaban J connectivity index is 1.66. The van der Waals surface area contributed by atoms with Gasteiger partial charge in [-0.05, 0) is 24.6 Å². The van der Waals surface area contributed by atoms with Crippen molar-refractivity contribution in [3.8, 4) is 5.82 Å². The molecule has 0 unspecified atom stereocenters. The predicted molar refractivity (Wildman–Crippen MR) is 84.3 cm³/mol. The minimum atomic E-state index is -4.40. The number of hydrazine groups is 1. The average molecular weight is 353 g/mol. The van der Waals surface area contributed by atoms with E-state index in [-0.39, 0.29) is 6.61 Å². The molecule has 0 bridgehead atoms. The number of hydrogen-bond acceptors (Lipinski definition) is 5. The van der Waals surface area contributed by atoms with E-state index in [1.165, 1.54) is 10.7 Å². The van der Waals surface area contributed by atoms with E-state index in [4.69, 9.17) is 5.11 Å². The Morgan fingerprint density at radius 1 is 1.20 bits per heavy atom. The van der Waals surface area contributed by atoms with Crippen molar-refractivity contribution < 1.29 is 18.3 Å². The van der Waals surface area contributed by atoms with Gasteiger partial charge in [-0.1, -0.05) is 6.08 Å². The minimum Gasteiger partial charge on any atom is -0.396 e. The first-order chi connectivity index (χ1) is 12.0. The number of pyridine rings is 1. The summed E-state index contributed by atoms with van der Waals surface area (Å²) in [6.45, 7) is 2.16. The highest BCUT2D eigenvalue weighted by Gasteiger charge is 2.30. The van der Waals surface area contributed by atoms with Crippen LogP contribution in [0.1, 0.15) is 17.7 Å². The summed E-state index contributed by atoms with van der Waals surface area (Å²) in [7, 11) is 0. The van der Waals surface area contributed by atoms with Crippen LogP contribution in [0.25, 0.3) is 5.82 Å². The molecule has 0 spiro atoms. The van der Waals surface area contributed by atoms with E-state index in [9.17, 15) is 13.2 Å². The van der Waals surface area contributed by atoms with Gasteiger partial charge in [0.25, 0.3) is 0 Å². The molecule has 3 rings (SSSR count). The normalized spacial score (nSPS) is 15.3. The zero-order valence-corrected chi connectivity index (χ0v) is 13.4. The molecule has 1 aliphatic rings. The molecule has 9 heteroatoms. The van der Waals surface area contributed by atoms with Crippen molar-refractivity contribution in [2.75, 3.05) is 19.7 Å². The molecule has 3 heterocycles. The summed E-state index contributed by atoms with van der Waals surface area (Å²) in [5, 5.41) is 17.4. The Hall–Kier alpha value is -2.39. The van der Waals surface area contributed by atoms with Gasteiger partial charge in [-0.2, -0.15) is 18.3 Å². The molecular weight excluding hydrogens is 335 g/mol. The lowest BCUT2D eigenvalue weighted by Crippen LogP contribution is -2.35. The van der Waals surface area contributed by atoms with E-state index in [1.54, 1.807) is 6.20 Å². The van der Waals surface area contributed by atoms with Gasteiger partial charge < -0.3 is 10.1 Å². The van der Waals surface area contributed by atoms with E-state index in [0.29, 0.717) is 25.3 Å². The summed E-state index contributed by atoms with van der Waals surface area (Å²) in [4.78, 5) is 3.83. The molecule has 0 saturated carbocycles. The monoisotopic (exact) mass is 353 g/mol. The Morgan fingerprint density at radius 3 is 2.72 bits per heavy atom. The van der Waals surface area contributed by atoms with Crippen LogP contribution in [0.5, 0.6) is 0 Å². The molecule has 2 aromatic rings. The number of hydrogen-bond donors (Lipinski definition) is 1. The van der Waals surface area contributed by atoms with Crippen molar-refractivity contribution in [2.45, 2.75) is 19.1 Å². The third-order valence-corrected chi connectivity index (χ3v) is 3.80. The topological polar surface area (TPSA) is 57.4 Å². The van der Waals surface area contributed by atoms with Gasteiger partial charge in [0, 0.05) is 38.3 Å². The molecule has 25 heavy (non-hydrogen) atoms. The first kappa shape index (κ1) is 17.4. The number of aromatic nitrogens is 3. The maximum absolute atomic E-state index is 12.6. The highest BCUT2D eigenvalue weighted by molar-refractivity contribution is 5.26. The maximum atomic E-state index is 12.6. The number of alkyl halides is 3. The number of nitrogens with zero attached hydrogens (tertiary/aromatic N) is 5. The van der Waals surface area contributed by atoms with Gasteiger partial charge in [0.05, 0.1) is 17.8 Å². The Morgan fingerprint density at radius 2 is 2.04 bits per heavy atom. The Bertz CT molecular complexity index is 726. The van der Waals surface area contributed by atoms with Crippen LogP contribution in [0.15, 0.2) is 42.9 Å². The standard InChI is InChI=1S/C16H18F3N5O/c17-16(18,19)13-3-4-15(20-11-13)24-9-5-14(21-24)12-23-7-1-6-22(23)8-2-10-25/h1,3-6,9,11,25H,2,7-8,10,12H2. The van der Waals surface area contributed by atoms with Gasteiger partial charge in [-0.15, -0.1) is 0 Å². The van der Waals surface area contributed by atoms with Crippen molar-refractivity contribution in [1.29, 1.82) is 0 Å². The lowest BCUT2D eigenvalue weighted by Gasteiger charge is -2.28. The Labute approximate surface area is 142 Å². The molecule has 0 atom stereocenters. The zero-order valence-electron chi connectivity index (χ0n) is 13.4. The summed E-state index contributed by atoms with van der Waals surface area (Å²) >= 11 is 0. The average Bonchev–Trinajstić information content (AvgIpc) is 3.22. The summed E-state index contributed by atoms with van der Waals surface area (Å²) < 4.78 is 39.2. The fourth-order valence-electron chi connectivity index (χ4n) is 2.54. The fraction of sp³-hybridized carbons (Fsp3) is 0.375. The summed E-state index contributed by atoms with van der Waals surface area (Å²) in [5.74, 6) is 0.330. The lowest BCUT2D eigenvalue weighted by molar-refractivity contribution is -0.137. The van der Waals surface area contributed by atoms with Gasteiger partial charge in [-0.3, -0.25) is 0 Å². The first-order valence-electron chi connectivity index (χ1n) is 7.84. The molecule has 1 N–H and O–H groups in total. The van der Waals surface area contributed by atoms with Crippen LogP contribution in [-0.2, 0) is 12.7 Å². The molecule has 0 aliphatic carbocycles. The smallest absolute Gasteiger partial charge is 0.396 e.